The third kappa shape index (κ3) is 3.24. The maximum Gasteiger partial charge on any atom is 0.223 e. The van der Waals surface area contributed by atoms with Crippen molar-refractivity contribution in [1.29, 1.82) is 0 Å². The zero-order valence-electron chi connectivity index (χ0n) is 10.8. The van der Waals surface area contributed by atoms with Crippen molar-refractivity contribution in [3.05, 3.63) is 29.8 Å². The molecule has 0 radical (unpaired) electrons. The smallest absolute Gasteiger partial charge is 0.223 e. The molecule has 1 saturated heterocycles. The Balaban J connectivity index is 1.97. The van der Waals surface area contributed by atoms with Gasteiger partial charge in [0, 0.05) is 31.4 Å². The van der Waals surface area contributed by atoms with Crippen LogP contribution in [0.2, 0.25) is 0 Å². The Labute approximate surface area is 111 Å². The zero-order chi connectivity index (χ0) is 13.8. The summed E-state index contributed by atoms with van der Waals surface area (Å²) in [6.45, 7) is 3.18. The minimum absolute atomic E-state index is 0.0410. The van der Waals surface area contributed by atoms with Gasteiger partial charge in [-0.25, -0.2) is 0 Å². The Kier molecular flexibility index (Phi) is 4.04. The van der Waals surface area contributed by atoms with E-state index >= 15 is 0 Å². The Bertz CT molecular complexity index is 469. The number of carboxylic acids is 1. The highest BCUT2D eigenvalue weighted by molar-refractivity contribution is 5.85. The van der Waals surface area contributed by atoms with Crippen molar-refractivity contribution >= 4 is 11.9 Å². The second kappa shape index (κ2) is 5.73. The van der Waals surface area contributed by atoms with Crippen LogP contribution in [0, 0.1) is 5.92 Å². The summed E-state index contributed by atoms with van der Waals surface area (Å²) in [5.41, 5.74) is 0.954. The van der Waals surface area contributed by atoms with Crippen molar-refractivity contribution in [2.45, 2.75) is 19.9 Å². The summed E-state index contributed by atoms with van der Waals surface area (Å²) in [4.78, 5) is 24.0. The van der Waals surface area contributed by atoms with Crippen LogP contribution in [0.5, 0.6) is 5.75 Å². The third-order valence-corrected chi connectivity index (χ3v) is 3.16. The fraction of sp³-hybridized carbons (Fsp3) is 0.429. The van der Waals surface area contributed by atoms with E-state index in [0.29, 0.717) is 13.2 Å². The fourth-order valence-electron chi connectivity index (χ4n) is 2.16. The van der Waals surface area contributed by atoms with Crippen LogP contribution in [0.25, 0.3) is 0 Å². The van der Waals surface area contributed by atoms with Crippen molar-refractivity contribution in [2.75, 3.05) is 13.2 Å². The highest BCUT2D eigenvalue weighted by Gasteiger charge is 2.30. The van der Waals surface area contributed by atoms with Gasteiger partial charge in [-0.15, -0.1) is 0 Å². The SMILES string of the molecule is CCOc1ccc(CN2C[C@@H](C(=O)[O-])CC2=O)cc1. The molecule has 1 aliphatic rings. The van der Waals surface area contributed by atoms with Gasteiger partial charge < -0.3 is 19.5 Å². The maximum absolute atomic E-state index is 11.7. The topological polar surface area (TPSA) is 69.7 Å². The van der Waals surface area contributed by atoms with E-state index < -0.39 is 11.9 Å². The van der Waals surface area contributed by atoms with Crippen molar-refractivity contribution in [3.63, 3.8) is 0 Å². The molecule has 0 N–H and O–H groups in total. The summed E-state index contributed by atoms with van der Waals surface area (Å²) in [6, 6.07) is 7.44. The van der Waals surface area contributed by atoms with E-state index in [4.69, 9.17) is 4.74 Å². The standard InChI is InChI=1S/C14H17NO4/c1-2-19-12-5-3-10(4-6-12)8-15-9-11(14(17)18)7-13(15)16/h3-6,11H,2,7-9H2,1H3,(H,17,18)/p-1/t11-/m0/s1. The highest BCUT2D eigenvalue weighted by Crippen LogP contribution is 2.20. The van der Waals surface area contributed by atoms with Crippen LogP contribution in [-0.4, -0.2) is 29.9 Å². The molecule has 0 unspecified atom stereocenters. The minimum atomic E-state index is -1.15. The summed E-state index contributed by atoms with van der Waals surface area (Å²) in [5.74, 6) is -1.19. The van der Waals surface area contributed by atoms with Crippen LogP contribution in [0.3, 0.4) is 0 Å². The van der Waals surface area contributed by atoms with Crippen molar-refractivity contribution in [2.24, 2.45) is 5.92 Å². The van der Waals surface area contributed by atoms with Gasteiger partial charge in [0.2, 0.25) is 5.91 Å². The Morgan fingerprint density at radius 3 is 2.63 bits per heavy atom. The molecule has 1 heterocycles. The molecular formula is C14H16NO4-. The Morgan fingerprint density at radius 2 is 2.11 bits per heavy atom. The first-order valence-electron chi connectivity index (χ1n) is 6.30. The number of carboxylic acid groups (broad SMARTS) is 1. The van der Waals surface area contributed by atoms with E-state index in [1.54, 1.807) is 4.90 Å². The largest absolute Gasteiger partial charge is 0.550 e. The number of likely N-dealkylation sites (tertiary alicyclic amines) is 1. The predicted octanol–water partition coefficient (Wildman–Crippen LogP) is 0.184. The van der Waals surface area contributed by atoms with Gasteiger partial charge in [-0.3, -0.25) is 4.79 Å². The first-order valence-corrected chi connectivity index (χ1v) is 6.30. The normalized spacial score (nSPS) is 18.7. The molecule has 0 aromatic heterocycles. The highest BCUT2D eigenvalue weighted by atomic mass is 16.5. The lowest BCUT2D eigenvalue weighted by Crippen LogP contribution is -2.33. The molecule has 2 rings (SSSR count). The molecule has 0 saturated carbocycles. The third-order valence-electron chi connectivity index (χ3n) is 3.16. The number of amides is 1. The summed E-state index contributed by atoms with van der Waals surface area (Å²) in [5, 5.41) is 10.8. The van der Waals surface area contributed by atoms with Crippen molar-refractivity contribution in [3.8, 4) is 5.75 Å². The summed E-state index contributed by atoms with van der Waals surface area (Å²) in [6.07, 6.45) is 0.0410. The van der Waals surface area contributed by atoms with Gasteiger partial charge in [0.1, 0.15) is 5.75 Å². The zero-order valence-corrected chi connectivity index (χ0v) is 10.8. The van der Waals surface area contributed by atoms with Crippen LogP contribution in [0.1, 0.15) is 18.9 Å². The number of benzene rings is 1. The van der Waals surface area contributed by atoms with Crippen LogP contribution in [-0.2, 0) is 16.1 Å². The minimum Gasteiger partial charge on any atom is -0.550 e. The Morgan fingerprint density at radius 1 is 1.42 bits per heavy atom. The van der Waals surface area contributed by atoms with E-state index in [-0.39, 0.29) is 18.9 Å². The molecule has 1 fully saturated rings. The molecule has 0 bridgehead atoms. The fourth-order valence-corrected chi connectivity index (χ4v) is 2.16. The van der Waals surface area contributed by atoms with Crippen LogP contribution >= 0.6 is 0 Å². The van der Waals surface area contributed by atoms with Crippen molar-refractivity contribution < 1.29 is 19.4 Å². The van der Waals surface area contributed by atoms with E-state index in [1.165, 1.54) is 0 Å². The lowest BCUT2D eigenvalue weighted by Gasteiger charge is -2.17. The van der Waals surface area contributed by atoms with Gasteiger partial charge in [-0.1, -0.05) is 12.1 Å². The monoisotopic (exact) mass is 262 g/mol. The Hall–Kier alpha value is -2.04. The number of carbonyl (C=O) groups is 2. The lowest BCUT2D eigenvalue weighted by atomic mass is 10.1. The van der Waals surface area contributed by atoms with Gasteiger partial charge in [-0.05, 0) is 24.6 Å². The summed E-state index contributed by atoms with van der Waals surface area (Å²) < 4.78 is 5.33. The first kappa shape index (κ1) is 13.4. The van der Waals surface area contributed by atoms with Gasteiger partial charge >= 0.3 is 0 Å². The number of carbonyl (C=O) groups excluding carboxylic acids is 2. The number of nitrogens with zero attached hydrogens (tertiary/aromatic N) is 1. The number of rotatable bonds is 5. The maximum atomic E-state index is 11.7. The van der Waals surface area contributed by atoms with Crippen LogP contribution in [0.4, 0.5) is 0 Å². The first-order chi connectivity index (χ1) is 9.10. The molecule has 19 heavy (non-hydrogen) atoms. The lowest BCUT2D eigenvalue weighted by molar-refractivity contribution is -0.311. The molecular weight excluding hydrogens is 246 g/mol. The molecule has 5 heteroatoms. The van der Waals surface area contributed by atoms with Gasteiger partial charge in [0.25, 0.3) is 0 Å². The molecule has 1 aliphatic heterocycles. The van der Waals surface area contributed by atoms with Gasteiger partial charge in [0.15, 0.2) is 0 Å². The molecule has 1 aromatic carbocycles. The van der Waals surface area contributed by atoms with Gasteiger partial charge in [-0.2, -0.15) is 0 Å². The average Bonchev–Trinajstić information content (AvgIpc) is 2.74. The number of ether oxygens (including phenoxy) is 1. The van der Waals surface area contributed by atoms with E-state index in [9.17, 15) is 14.7 Å². The molecule has 1 atom stereocenters. The van der Waals surface area contributed by atoms with E-state index in [1.807, 2.05) is 31.2 Å². The van der Waals surface area contributed by atoms with Crippen LogP contribution < -0.4 is 9.84 Å². The molecule has 0 aliphatic carbocycles. The molecule has 0 spiro atoms. The predicted molar refractivity (Wildman–Crippen MR) is 66.1 cm³/mol. The van der Waals surface area contributed by atoms with Crippen LogP contribution in [0.15, 0.2) is 24.3 Å². The average molecular weight is 262 g/mol. The molecule has 102 valence electrons. The number of aliphatic carboxylic acids is 1. The number of hydrogen-bond acceptors (Lipinski definition) is 4. The van der Waals surface area contributed by atoms with E-state index in [2.05, 4.69) is 0 Å². The molecule has 1 aromatic rings. The van der Waals surface area contributed by atoms with Crippen molar-refractivity contribution in [1.82, 2.24) is 4.90 Å². The second-order valence-electron chi connectivity index (χ2n) is 4.57. The molecule has 5 nitrogen and oxygen atoms in total. The second-order valence-corrected chi connectivity index (χ2v) is 4.57. The quantitative estimate of drug-likeness (QED) is 0.759. The summed E-state index contributed by atoms with van der Waals surface area (Å²) in [7, 11) is 0. The van der Waals surface area contributed by atoms with Gasteiger partial charge in [0.05, 0.1) is 6.61 Å². The van der Waals surface area contributed by atoms with E-state index in [0.717, 1.165) is 11.3 Å². The number of hydrogen-bond donors (Lipinski definition) is 0. The summed E-state index contributed by atoms with van der Waals surface area (Å²) >= 11 is 0. The molecule has 1 amide bonds.